The fourth-order valence-electron chi connectivity index (χ4n) is 4.89. The van der Waals surface area contributed by atoms with Crippen LogP contribution in [0.4, 0.5) is 23.1 Å². The minimum atomic E-state index is -0.465. The van der Waals surface area contributed by atoms with E-state index in [4.69, 9.17) is 19.4 Å². The Bertz CT molecular complexity index is 1660. The molecule has 0 unspecified atom stereocenters. The summed E-state index contributed by atoms with van der Waals surface area (Å²) in [6, 6.07) is 10.2. The van der Waals surface area contributed by atoms with Gasteiger partial charge in [0.15, 0.2) is 22.1 Å². The first-order valence-electron chi connectivity index (χ1n) is 12.6. The van der Waals surface area contributed by atoms with Gasteiger partial charge >= 0.3 is 0 Å². The van der Waals surface area contributed by atoms with Crippen LogP contribution < -0.4 is 30.3 Å². The minimum absolute atomic E-state index is 0.170. The van der Waals surface area contributed by atoms with Crippen LogP contribution in [0.15, 0.2) is 41.9 Å². The summed E-state index contributed by atoms with van der Waals surface area (Å²) in [6.07, 6.45) is 1.48. The van der Waals surface area contributed by atoms with Gasteiger partial charge in [-0.05, 0) is 43.2 Å². The second kappa shape index (κ2) is 10.4. The van der Waals surface area contributed by atoms with Crippen LogP contribution in [0, 0.1) is 5.92 Å². The topological polar surface area (TPSA) is 148 Å². The van der Waals surface area contributed by atoms with E-state index in [2.05, 4.69) is 20.9 Å². The number of carbonyl (C=O) groups excluding carboxylic acids is 3. The van der Waals surface area contributed by atoms with Gasteiger partial charge < -0.3 is 25.0 Å². The van der Waals surface area contributed by atoms with Crippen molar-refractivity contribution in [3.8, 4) is 11.5 Å². The SMILES string of the molecule is COc1ccc(Nc2nc(N3CCC[C@@H](C(=O)Nc4ccc5c(c4)C(=O)NC5=O)C3)nc3scnc23)cc1OC. The van der Waals surface area contributed by atoms with E-state index in [-0.39, 0.29) is 17.4 Å². The number of imide groups is 1. The standard InChI is InChI=1S/C27H25N7O5S/c1-38-19-8-6-16(11-20(19)39-2)29-22-21-26(40-13-28-21)33-27(31-22)34-9-3-4-14(12-34)23(35)30-15-5-7-17-18(10-15)25(37)32-24(17)36/h5-8,10-11,13-14H,3-4,9,12H2,1-2H3,(H,30,35)(H,29,31,33)(H,32,36,37)/t14-/m1/s1. The number of rotatable bonds is 7. The molecule has 0 radical (unpaired) electrons. The first-order valence-corrected chi connectivity index (χ1v) is 13.5. The zero-order chi connectivity index (χ0) is 27.8. The maximum absolute atomic E-state index is 13.2. The highest BCUT2D eigenvalue weighted by Crippen LogP contribution is 2.34. The zero-order valence-electron chi connectivity index (χ0n) is 21.7. The van der Waals surface area contributed by atoms with Crippen molar-refractivity contribution in [3.63, 3.8) is 0 Å². The third-order valence-electron chi connectivity index (χ3n) is 6.91. The van der Waals surface area contributed by atoms with Gasteiger partial charge in [-0.3, -0.25) is 19.7 Å². The summed E-state index contributed by atoms with van der Waals surface area (Å²) in [4.78, 5) is 53.7. The third-order valence-corrected chi connectivity index (χ3v) is 7.63. The van der Waals surface area contributed by atoms with Crippen molar-refractivity contribution in [3.05, 3.63) is 53.0 Å². The molecule has 0 saturated carbocycles. The van der Waals surface area contributed by atoms with Crippen molar-refractivity contribution in [2.45, 2.75) is 12.8 Å². The summed E-state index contributed by atoms with van der Waals surface area (Å²) in [7, 11) is 3.16. The number of hydrogen-bond acceptors (Lipinski definition) is 11. The van der Waals surface area contributed by atoms with Crippen molar-refractivity contribution < 1.29 is 23.9 Å². The number of benzene rings is 2. The van der Waals surface area contributed by atoms with E-state index in [0.29, 0.717) is 59.5 Å². The van der Waals surface area contributed by atoms with Gasteiger partial charge in [0, 0.05) is 30.5 Å². The summed E-state index contributed by atoms with van der Waals surface area (Å²) in [6.45, 7) is 1.13. The Kier molecular flexibility index (Phi) is 6.64. The van der Waals surface area contributed by atoms with E-state index in [1.54, 1.807) is 37.9 Å². The molecule has 12 nitrogen and oxygen atoms in total. The van der Waals surface area contributed by atoms with Gasteiger partial charge in [-0.2, -0.15) is 9.97 Å². The number of amides is 3. The maximum Gasteiger partial charge on any atom is 0.259 e. The summed E-state index contributed by atoms with van der Waals surface area (Å²) in [5, 5.41) is 8.49. The molecule has 2 aliphatic heterocycles. The van der Waals surface area contributed by atoms with Crippen LogP contribution in [-0.2, 0) is 4.79 Å². The first kappa shape index (κ1) is 25.5. The molecule has 13 heteroatoms. The van der Waals surface area contributed by atoms with Crippen LogP contribution in [0.2, 0.25) is 0 Å². The Morgan fingerprint density at radius 3 is 2.65 bits per heavy atom. The number of piperidine rings is 1. The molecule has 2 aromatic carbocycles. The molecule has 40 heavy (non-hydrogen) atoms. The molecular weight excluding hydrogens is 534 g/mol. The van der Waals surface area contributed by atoms with Crippen LogP contribution in [0.5, 0.6) is 11.5 Å². The fourth-order valence-corrected chi connectivity index (χ4v) is 5.55. The predicted octanol–water partition coefficient (Wildman–Crippen LogP) is 3.59. The Labute approximate surface area is 232 Å². The molecule has 2 aromatic heterocycles. The highest BCUT2D eigenvalue weighted by atomic mass is 32.1. The molecule has 6 rings (SSSR count). The fraction of sp³-hybridized carbons (Fsp3) is 0.259. The number of anilines is 4. The molecule has 0 bridgehead atoms. The summed E-state index contributed by atoms with van der Waals surface area (Å²) >= 11 is 1.41. The molecule has 0 spiro atoms. The number of carbonyl (C=O) groups is 3. The van der Waals surface area contributed by atoms with Crippen LogP contribution in [0.25, 0.3) is 10.3 Å². The predicted molar refractivity (Wildman–Crippen MR) is 150 cm³/mol. The lowest BCUT2D eigenvalue weighted by Crippen LogP contribution is -2.41. The highest BCUT2D eigenvalue weighted by Gasteiger charge is 2.30. The number of methoxy groups -OCH3 is 2. The minimum Gasteiger partial charge on any atom is -0.493 e. The number of nitrogens with one attached hydrogen (secondary N) is 3. The smallest absolute Gasteiger partial charge is 0.259 e. The average molecular weight is 560 g/mol. The molecule has 3 amide bonds. The van der Waals surface area contributed by atoms with Gasteiger partial charge in [0.1, 0.15) is 5.52 Å². The largest absolute Gasteiger partial charge is 0.493 e. The number of fused-ring (bicyclic) bond motifs is 2. The monoisotopic (exact) mass is 559 g/mol. The summed E-state index contributed by atoms with van der Waals surface area (Å²) in [5.74, 6) is 0.862. The number of thiazole rings is 1. The number of nitrogens with zero attached hydrogens (tertiary/aromatic N) is 4. The quantitative estimate of drug-likeness (QED) is 0.287. The number of ether oxygens (including phenoxy) is 2. The van der Waals surface area contributed by atoms with E-state index >= 15 is 0 Å². The van der Waals surface area contributed by atoms with Crippen LogP contribution >= 0.6 is 11.3 Å². The van der Waals surface area contributed by atoms with E-state index in [1.165, 1.54) is 17.4 Å². The van der Waals surface area contributed by atoms with Crippen LogP contribution in [0.1, 0.15) is 33.6 Å². The Morgan fingerprint density at radius 1 is 1.02 bits per heavy atom. The second-order valence-corrected chi connectivity index (χ2v) is 10.2. The van der Waals surface area contributed by atoms with Gasteiger partial charge in [-0.25, -0.2) is 4.98 Å². The zero-order valence-corrected chi connectivity index (χ0v) is 22.5. The normalized spacial score (nSPS) is 16.4. The second-order valence-electron chi connectivity index (χ2n) is 9.39. The van der Waals surface area contributed by atoms with Crippen LogP contribution in [-0.4, -0.2) is 60.0 Å². The highest BCUT2D eigenvalue weighted by molar-refractivity contribution is 7.16. The van der Waals surface area contributed by atoms with E-state index < -0.39 is 11.8 Å². The van der Waals surface area contributed by atoms with Crippen LogP contribution in [0.3, 0.4) is 0 Å². The maximum atomic E-state index is 13.2. The number of aromatic nitrogens is 3. The summed E-state index contributed by atoms with van der Waals surface area (Å²) < 4.78 is 10.8. The third kappa shape index (κ3) is 4.75. The van der Waals surface area contributed by atoms with Crippen molar-refractivity contribution in [2.24, 2.45) is 5.92 Å². The van der Waals surface area contributed by atoms with Gasteiger partial charge in [0.05, 0.1) is 36.8 Å². The molecule has 1 atom stereocenters. The molecular formula is C27H25N7O5S. The van der Waals surface area contributed by atoms with E-state index in [9.17, 15) is 14.4 Å². The Hall–Kier alpha value is -4.78. The van der Waals surface area contributed by atoms with Gasteiger partial charge in [0.2, 0.25) is 11.9 Å². The molecule has 204 valence electrons. The van der Waals surface area contributed by atoms with Gasteiger partial charge in [0.25, 0.3) is 11.8 Å². The lowest BCUT2D eigenvalue weighted by molar-refractivity contribution is -0.120. The molecule has 1 saturated heterocycles. The van der Waals surface area contributed by atoms with Crippen molar-refractivity contribution >= 4 is 62.5 Å². The molecule has 3 N–H and O–H groups in total. The molecule has 1 fully saturated rings. The molecule has 4 heterocycles. The van der Waals surface area contributed by atoms with Gasteiger partial charge in [-0.1, -0.05) is 0 Å². The van der Waals surface area contributed by atoms with Gasteiger partial charge in [-0.15, -0.1) is 11.3 Å². The van der Waals surface area contributed by atoms with E-state index in [1.807, 2.05) is 17.0 Å². The van der Waals surface area contributed by atoms with Crippen molar-refractivity contribution in [1.82, 2.24) is 20.3 Å². The Balaban J connectivity index is 1.21. The van der Waals surface area contributed by atoms with Crippen molar-refractivity contribution in [2.75, 3.05) is 42.8 Å². The molecule has 0 aliphatic carbocycles. The average Bonchev–Trinajstić information content (AvgIpc) is 3.56. The lowest BCUT2D eigenvalue weighted by Gasteiger charge is -2.32. The molecule has 2 aliphatic rings. The lowest BCUT2D eigenvalue weighted by atomic mass is 9.97. The first-order chi connectivity index (χ1) is 19.4. The Morgan fingerprint density at radius 2 is 1.82 bits per heavy atom. The summed E-state index contributed by atoms with van der Waals surface area (Å²) in [5.41, 5.74) is 4.15. The number of hydrogen-bond donors (Lipinski definition) is 3. The van der Waals surface area contributed by atoms with Crippen molar-refractivity contribution in [1.29, 1.82) is 0 Å². The van der Waals surface area contributed by atoms with E-state index in [0.717, 1.165) is 16.9 Å². The molecule has 4 aromatic rings.